The molecule has 2 atom stereocenters. The summed E-state index contributed by atoms with van der Waals surface area (Å²) in [4.78, 5) is 8.15. The van der Waals surface area contributed by atoms with Crippen molar-refractivity contribution in [3.8, 4) is 6.01 Å². The van der Waals surface area contributed by atoms with Crippen LogP contribution in [0.15, 0.2) is 12.4 Å². The summed E-state index contributed by atoms with van der Waals surface area (Å²) in [7, 11) is -3.09. The Morgan fingerprint density at radius 2 is 1.86 bits per heavy atom. The van der Waals surface area contributed by atoms with Crippen LogP contribution in [0, 0.1) is 0 Å². The fourth-order valence-electron chi connectivity index (χ4n) is 3.44. The zero-order valence-electron chi connectivity index (χ0n) is 12.0. The van der Waals surface area contributed by atoms with Crippen molar-refractivity contribution < 1.29 is 18.3 Å². The van der Waals surface area contributed by atoms with Crippen LogP contribution in [-0.2, 0) is 15.4 Å². The molecule has 1 N–H and O–H groups in total. The first-order valence-corrected chi connectivity index (χ1v) is 8.97. The molecule has 1 aromatic heterocycles. The lowest BCUT2D eigenvalue weighted by atomic mass is 9.81. The lowest BCUT2D eigenvalue weighted by molar-refractivity contribution is 0.00425. The lowest BCUT2D eigenvalue weighted by Gasteiger charge is -2.43. The van der Waals surface area contributed by atoms with Gasteiger partial charge in [-0.2, -0.15) is 0 Å². The van der Waals surface area contributed by atoms with Crippen LogP contribution in [0.25, 0.3) is 0 Å². The van der Waals surface area contributed by atoms with Crippen molar-refractivity contribution >= 4 is 9.84 Å². The third kappa shape index (κ3) is 2.53. The van der Waals surface area contributed by atoms with E-state index in [0.29, 0.717) is 25.0 Å². The second-order valence-electron chi connectivity index (χ2n) is 5.89. The molecule has 2 bridgehead atoms. The third-order valence-electron chi connectivity index (χ3n) is 4.55. The largest absolute Gasteiger partial charge is 0.464 e. The van der Waals surface area contributed by atoms with Crippen LogP contribution < -0.4 is 4.74 Å². The van der Waals surface area contributed by atoms with Crippen molar-refractivity contribution in [1.82, 2.24) is 9.97 Å². The molecule has 2 saturated heterocycles. The fraction of sp³-hybridized carbons (Fsp3) is 0.714. The predicted octanol–water partition coefficient (Wildman–Crippen LogP) is 1.19. The highest BCUT2D eigenvalue weighted by atomic mass is 32.2. The summed E-state index contributed by atoms with van der Waals surface area (Å²) >= 11 is 0. The number of fused-ring (bicyclic) bond motifs is 2. The molecule has 0 aliphatic carbocycles. The molecule has 2 aliphatic heterocycles. The maximum atomic E-state index is 12.3. The molecule has 0 spiro atoms. The summed E-state index contributed by atoms with van der Waals surface area (Å²) in [5.41, 5.74) is -0.566. The molecule has 3 heterocycles. The first-order chi connectivity index (χ1) is 9.95. The van der Waals surface area contributed by atoms with E-state index in [4.69, 9.17) is 4.74 Å². The molecular formula is C14H20N2O4S. The Labute approximate surface area is 124 Å². The first-order valence-electron chi connectivity index (χ1n) is 7.36. The van der Waals surface area contributed by atoms with Crippen LogP contribution in [0.5, 0.6) is 6.01 Å². The van der Waals surface area contributed by atoms with Crippen LogP contribution in [0.1, 0.15) is 44.6 Å². The Kier molecular flexibility index (Phi) is 3.65. The molecule has 21 heavy (non-hydrogen) atoms. The average Bonchev–Trinajstić information content (AvgIpc) is 2.42. The maximum absolute atomic E-state index is 12.3. The first kappa shape index (κ1) is 14.7. The normalized spacial score (nSPS) is 34.4. The fourth-order valence-corrected chi connectivity index (χ4v) is 5.99. The van der Waals surface area contributed by atoms with E-state index < -0.39 is 25.9 Å². The van der Waals surface area contributed by atoms with E-state index in [2.05, 4.69) is 9.97 Å². The number of ether oxygens (including phenoxy) is 1. The van der Waals surface area contributed by atoms with Gasteiger partial charge in [0.25, 0.3) is 0 Å². The molecule has 0 saturated carbocycles. The van der Waals surface area contributed by atoms with E-state index in [9.17, 15) is 13.5 Å². The zero-order chi connectivity index (χ0) is 15.1. The monoisotopic (exact) mass is 312 g/mol. The van der Waals surface area contributed by atoms with Gasteiger partial charge in [-0.1, -0.05) is 6.42 Å². The number of hydrogen-bond acceptors (Lipinski definition) is 6. The minimum absolute atomic E-state index is 0.239. The van der Waals surface area contributed by atoms with Gasteiger partial charge in [-0.05, 0) is 32.6 Å². The van der Waals surface area contributed by atoms with Gasteiger partial charge in [0.2, 0.25) is 0 Å². The molecule has 2 fully saturated rings. The van der Waals surface area contributed by atoms with Crippen LogP contribution >= 0.6 is 0 Å². The highest BCUT2D eigenvalue weighted by Gasteiger charge is 2.51. The molecule has 3 rings (SSSR count). The number of sulfone groups is 1. The van der Waals surface area contributed by atoms with Crippen molar-refractivity contribution in [2.45, 2.75) is 55.1 Å². The average molecular weight is 312 g/mol. The second kappa shape index (κ2) is 5.21. The van der Waals surface area contributed by atoms with E-state index in [1.807, 2.05) is 6.92 Å². The molecular weight excluding hydrogens is 292 g/mol. The van der Waals surface area contributed by atoms with Gasteiger partial charge in [-0.3, -0.25) is 0 Å². The highest BCUT2D eigenvalue weighted by molar-refractivity contribution is 7.92. The number of hydrogen-bond donors (Lipinski definition) is 1. The van der Waals surface area contributed by atoms with Crippen LogP contribution in [0.2, 0.25) is 0 Å². The van der Waals surface area contributed by atoms with Crippen molar-refractivity contribution in [2.24, 2.45) is 0 Å². The molecule has 0 radical (unpaired) electrons. The quantitative estimate of drug-likeness (QED) is 0.902. The standard InChI is InChI=1S/C14H20N2O4S/c1-2-20-13-15-8-10(9-16-13)14(17)6-11-4-3-5-12(7-14)21(11,18)19/h8-9,11-12,17H,2-7H2,1H3. The molecule has 1 aromatic rings. The number of aromatic nitrogens is 2. The third-order valence-corrected chi connectivity index (χ3v) is 7.21. The molecule has 116 valence electrons. The van der Waals surface area contributed by atoms with Crippen LogP contribution in [-0.4, -0.2) is 40.6 Å². The van der Waals surface area contributed by atoms with Crippen molar-refractivity contribution in [2.75, 3.05) is 6.61 Å². The maximum Gasteiger partial charge on any atom is 0.316 e. The molecule has 2 aliphatic rings. The van der Waals surface area contributed by atoms with Crippen LogP contribution in [0.3, 0.4) is 0 Å². The van der Waals surface area contributed by atoms with Gasteiger partial charge in [0.15, 0.2) is 9.84 Å². The molecule has 2 unspecified atom stereocenters. The van der Waals surface area contributed by atoms with Crippen LogP contribution in [0.4, 0.5) is 0 Å². The Hall–Kier alpha value is -1.21. The summed E-state index contributed by atoms with van der Waals surface area (Å²) < 4.78 is 29.8. The summed E-state index contributed by atoms with van der Waals surface area (Å²) in [6, 6.07) is 0.272. The summed E-state index contributed by atoms with van der Waals surface area (Å²) in [5, 5.41) is 10.0. The SMILES string of the molecule is CCOc1ncc(C2(O)CC3CCCC(C2)S3(=O)=O)cn1. The summed E-state index contributed by atoms with van der Waals surface area (Å²) in [6.45, 7) is 2.32. The Morgan fingerprint density at radius 3 is 2.38 bits per heavy atom. The van der Waals surface area contributed by atoms with Crippen molar-refractivity contribution in [1.29, 1.82) is 0 Å². The Balaban J connectivity index is 1.88. The number of rotatable bonds is 3. The van der Waals surface area contributed by atoms with Gasteiger partial charge >= 0.3 is 6.01 Å². The smallest absolute Gasteiger partial charge is 0.316 e. The lowest BCUT2D eigenvalue weighted by Crippen LogP contribution is -2.50. The molecule has 0 aromatic carbocycles. The van der Waals surface area contributed by atoms with E-state index in [0.717, 1.165) is 6.42 Å². The zero-order valence-corrected chi connectivity index (χ0v) is 12.8. The summed E-state index contributed by atoms with van der Waals surface area (Å²) in [5.74, 6) is 0. The topological polar surface area (TPSA) is 89.4 Å². The van der Waals surface area contributed by atoms with Gasteiger partial charge in [-0.25, -0.2) is 18.4 Å². The highest BCUT2D eigenvalue weighted by Crippen LogP contribution is 2.45. The molecule has 0 amide bonds. The Bertz CT molecular complexity index is 594. The van der Waals surface area contributed by atoms with Gasteiger partial charge < -0.3 is 9.84 Å². The van der Waals surface area contributed by atoms with Crippen molar-refractivity contribution in [3.63, 3.8) is 0 Å². The van der Waals surface area contributed by atoms with E-state index in [1.165, 1.54) is 0 Å². The Morgan fingerprint density at radius 1 is 1.29 bits per heavy atom. The van der Waals surface area contributed by atoms with E-state index in [1.54, 1.807) is 12.4 Å². The minimum atomic E-state index is -3.09. The van der Waals surface area contributed by atoms with Crippen molar-refractivity contribution in [3.05, 3.63) is 18.0 Å². The molecule has 6 nitrogen and oxygen atoms in total. The number of aliphatic hydroxyl groups is 1. The van der Waals surface area contributed by atoms with E-state index >= 15 is 0 Å². The van der Waals surface area contributed by atoms with Gasteiger partial charge in [0.05, 0.1) is 22.7 Å². The minimum Gasteiger partial charge on any atom is -0.464 e. The number of nitrogens with zero attached hydrogens (tertiary/aromatic N) is 2. The predicted molar refractivity (Wildman–Crippen MR) is 76.7 cm³/mol. The molecule has 7 heteroatoms. The van der Waals surface area contributed by atoms with Gasteiger partial charge in [-0.15, -0.1) is 0 Å². The summed E-state index contributed by atoms with van der Waals surface area (Å²) in [6.07, 6.45) is 5.77. The van der Waals surface area contributed by atoms with Gasteiger partial charge in [0.1, 0.15) is 0 Å². The second-order valence-corrected chi connectivity index (χ2v) is 8.40. The van der Waals surface area contributed by atoms with Gasteiger partial charge in [0, 0.05) is 18.0 Å². The van der Waals surface area contributed by atoms with E-state index in [-0.39, 0.29) is 18.9 Å².